The van der Waals surface area contributed by atoms with Gasteiger partial charge in [-0.3, -0.25) is 9.59 Å². The summed E-state index contributed by atoms with van der Waals surface area (Å²) >= 11 is 0. The van der Waals surface area contributed by atoms with Gasteiger partial charge in [0.05, 0.1) is 24.1 Å². The van der Waals surface area contributed by atoms with Gasteiger partial charge in [-0.05, 0) is 56.7 Å². The van der Waals surface area contributed by atoms with Crippen molar-refractivity contribution in [3.05, 3.63) is 23.8 Å². The lowest BCUT2D eigenvalue weighted by Gasteiger charge is -2.42. The molecule has 9 heteroatoms. The van der Waals surface area contributed by atoms with Crippen LogP contribution in [0.25, 0.3) is 0 Å². The average Bonchev–Trinajstić information content (AvgIpc) is 3.60. The molecule has 1 saturated heterocycles. The summed E-state index contributed by atoms with van der Waals surface area (Å²) in [4.78, 5) is 39.0. The van der Waals surface area contributed by atoms with E-state index in [1.807, 2.05) is 6.92 Å². The molecule has 0 aromatic heterocycles. The molecule has 1 saturated carbocycles. The number of carbonyl (C=O) groups is 3. The fourth-order valence-corrected chi connectivity index (χ4v) is 4.30. The predicted octanol–water partition coefficient (Wildman–Crippen LogP) is 2.12. The monoisotopic (exact) mass is 444 g/mol. The lowest BCUT2D eigenvalue weighted by molar-refractivity contribution is -0.134. The van der Waals surface area contributed by atoms with Gasteiger partial charge >= 0.3 is 6.03 Å². The Morgan fingerprint density at radius 2 is 1.97 bits per heavy atom. The predicted molar refractivity (Wildman–Crippen MR) is 119 cm³/mol. The second kappa shape index (κ2) is 9.77. The lowest BCUT2D eigenvalue weighted by atomic mass is 9.94. The summed E-state index contributed by atoms with van der Waals surface area (Å²) in [5.74, 6) is 0.938. The summed E-state index contributed by atoms with van der Waals surface area (Å²) < 4.78 is 12.2. The van der Waals surface area contributed by atoms with Crippen molar-refractivity contribution in [2.24, 2.45) is 5.92 Å². The summed E-state index contributed by atoms with van der Waals surface area (Å²) in [5, 5.41) is 8.39. The van der Waals surface area contributed by atoms with Crippen molar-refractivity contribution < 1.29 is 23.9 Å². The Labute approximate surface area is 188 Å². The molecule has 1 aliphatic carbocycles. The minimum absolute atomic E-state index is 0.0222. The average molecular weight is 445 g/mol. The molecular weight excluding hydrogens is 412 g/mol. The van der Waals surface area contributed by atoms with E-state index in [9.17, 15) is 14.4 Å². The summed E-state index contributed by atoms with van der Waals surface area (Å²) in [6, 6.07) is 4.57. The van der Waals surface area contributed by atoms with E-state index in [1.54, 1.807) is 30.1 Å². The molecule has 4 rings (SSSR count). The van der Waals surface area contributed by atoms with Crippen LogP contribution in [0.15, 0.2) is 18.2 Å². The van der Waals surface area contributed by atoms with Crippen LogP contribution in [0.5, 0.6) is 5.75 Å². The molecule has 0 spiro atoms. The van der Waals surface area contributed by atoms with Crippen LogP contribution in [0, 0.1) is 5.92 Å². The number of hydrogen-bond acceptors (Lipinski definition) is 5. The molecule has 1 aromatic rings. The Hall–Kier alpha value is -2.81. The number of urea groups is 1. The molecule has 3 atom stereocenters. The van der Waals surface area contributed by atoms with E-state index >= 15 is 0 Å². The molecule has 0 unspecified atom stereocenters. The molecule has 1 aromatic carbocycles. The summed E-state index contributed by atoms with van der Waals surface area (Å²) in [5.41, 5.74) is 0.927. The first kappa shape index (κ1) is 22.4. The SMILES string of the molecule is CCNC(=O)Nc1ccc2c(c1)C(=O)N(C)[C@@H]1CC[C@H](CC(=O)NCC3CC3)O[C@@H]1CO2. The van der Waals surface area contributed by atoms with E-state index in [1.165, 1.54) is 12.8 Å². The quantitative estimate of drug-likeness (QED) is 0.623. The Morgan fingerprint density at radius 1 is 1.16 bits per heavy atom. The van der Waals surface area contributed by atoms with Crippen molar-refractivity contribution >= 4 is 23.5 Å². The maximum Gasteiger partial charge on any atom is 0.319 e. The van der Waals surface area contributed by atoms with Gasteiger partial charge in [-0.25, -0.2) is 4.79 Å². The van der Waals surface area contributed by atoms with Crippen molar-refractivity contribution in [3.8, 4) is 5.75 Å². The van der Waals surface area contributed by atoms with Gasteiger partial charge in [-0.15, -0.1) is 0 Å². The third-order valence-corrected chi connectivity index (χ3v) is 6.30. The van der Waals surface area contributed by atoms with E-state index in [0.29, 0.717) is 48.9 Å². The van der Waals surface area contributed by atoms with Gasteiger partial charge in [0.1, 0.15) is 18.5 Å². The summed E-state index contributed by atoms with van der Waals surface area (Å²) in [6.07, 6.45) is 3.70. The number of ether oxygens (including phenoxy) is 2. The lowest BCUT2D eigenvalue weighted by Crippen LogP contribution is -2.54. The fraction of sp³-hybridized carbons (Fsp3) is 0.609. The van der Waals surface area contributed by atoms with Crippen molar-refractivity contribution in [1.82, 2.24) is 15.5 Å². The zero-order valence-electron chi connectivity index (χ0n) is 18.7. The molecule has 174 valence electrons. The van der Waals surface area contributed by atoms with Gasteiger partial charge in [-0.2, -0.15) is 0 Å². The number of benzene rings is 1. The number of hydrogen-bond donors (Lipinski definition) is 3. The Balaban J connectivity index is 1.41. The minimum atomic E-state index is -0.326. The third kappa shape index (κ3) is 5.32. The number of carbonyl (C=O) groups excluding carboxylic acids is 3. The second-order valence-corrected chi connectivity index (χ2v) is 8.82. The maximum absolute atomic E-state index is 13.2. The molecule has 9 nitrogen and oxygen atoms in total. The Kier molecular flexibility index (Phi) is 6.83. The molecule has 4 amide bonds. The normalized spacial score (nSPS) is 24.9. The third-order valence-electron chi connectivity index (χ3n) is 6.30. The highest BCUT2D eigenvalue weighted by Crippen LogP contribution is 2.32. The number of amides is 4. The molecule has 2 heterocycles. The molecule has 0 radical (unpaired) electrons. The standard InChI is InChI=1S/C23H32N4O5/c1-3-24-23(30)26-15-6-9-19-17(10-15)22(29)27(2)18-8-7-16(32-20(18)13-31-19)11-21(28)25-12-14-4-5-14/h6,9-10,14,16,18,20H,3-5,7-8,11-13H2,1-2H3,(H,25,28)(H2,24,26,30)/t16-,18-,20-/m1/s1. The summed E-state index contributed by atoms with van der Waals surface area (Å²) in [6.45, 7) is 3.39. The summed E-state index contributed by atoms with van der Waals surface area (Å²) in [7, 11) is 1.77. The highest BCUT2D eigenvalue weighted by molar-refractivity contribution is 5.99. The zero-order valence-corrected chi connectivity index (χ0v) is 18.7. The molecule has 2 aliphatic heterocycles. The van der Waals surface area contributed by atoms with E-state index in [2.05, 4.69) is 16.0 Å². The van der Waals surface area contributed by atoms with Crippen LogP contribution in [0.2, 0.25) is 0 Å². The number of fused-ring (bicyclic) bond motifs is 2. The smallest absolute Gasteiger partial charge is 0.319 e. The van der Waals surface area contributed by atoms with Crippen molar-refractivity contribution in [3.63, 3.8) is 0 Å². The van der Waals surface area contributed by atoms with E-state index in [4.69, 9.17) is 9.47 Å². The van der Waals surface area contributed by atoms with E-state index < -0.39 is 0 Å². The van der Waals surface area contributed by atoms with Crippen LogP contribution in [0.1, 0.15) is 49.4 Å². The van der Waals surface area contributed by atoms with Crippen molar-refractivity contribution in [2.45, 2.75) is 57.3 Å². The van der Waals surface area contributed by atoms with Crippen molar-refractivity contribution in [1.29, 1.82) is 0 Å². The number of anilines is 1. The highest BCUT2D eigenvalue weighted by atomic mass is 16.5. The largest absolute Gasteiger partial charge is 0.490 e. The number of rotatable bonds is 6. The number of nitrogens with one attached hydrogen (secondary N) is 3. The zero-order chi connectivity index (χ0) is 22.7. The minimum Gasteiger partial charge on any atom is -0.490 e. The molecule has 3 aliphatic rings. The molecular formula is C23H32N4O5. The van der Waals surface area contributed by atoms with Gasteiger partial charge in [0.2, 0.25) is 5.91 Å². The maximum atomic E-state index is 13.2. The van der Waals surface area contributed by atoms with Gasteiger partial charge in [-0.1, -0.05) is 0 Å². The van der Waals surface area contributed by atoms with Gasteiger partial charge in [0, 0.05) is 25.8 Å². The molecule has 0 bridgehead atoms. The molecule has 3 N–H and O–H groups in total. The Bertz CT molecular complexity index is 872. The topological polar surface area (TPSA) is 109 Å². The van der Waals surface area contributed by atoms with Gasteiger partial charge < -0.3 is 30.3 Å². The van der Waals surface area contributed by atoms with Crippen LogP contribution in [-0.4, -0.2) is 67.7 Å². The first-order chi connectivity index (χ1) is 15.4. The first-order valence-electron chi connectivity index (χ1n) is 11.5. The van der Waals surface area contributed by atoms with Gasteiger partial charge in [0.25, 0.3) is 5.91 Å². The Morgan fingerprint density at radius 3 is 2.72 bits per heavy atom. The van der Waals surface area contributed by atoms with Crippen LogP contribution in [0.3, 0.4) is 0 Å². The highest BCUT2D eigenvalue weighted by Gasteiger charge is 2.39. The van der Waals surface area contributed by atoms with Crippen molar-refractivity contribution in [2.75, 3.05) is 32.1 Å². The van der Waals surface area contributed by atoms with Crippen LogP contribution < -0.4 is 20.7 Å². The van der Waals surface area contributed by atoms with E-state index in [-0.39, 0.29) is 36.1 Å². The first-order valence-corrected chi connectivity index (χ1v) is 11.5. The number of nitrogens with zero attached hydrogens (tertiary/aromatic N) is 1. The molecule has 32 heavy (non-hydrogen) atoms. The van der Waals surface area contributed by atoms with Crippen LogP contribution in [0.4, 0.5) is 10.5 Å². The fourth-order valence-electron chi connectivity index (χ4n) is 4.30. The van der Waals surface area contributed by atoms with Crippen LogP contribution in [-0.2, 0) is 9.53 Å². The number of likely N-dealkylation sites (N-methyl/N-ethyl adjacent to an activating group) is 1. The van der Waals surface area contributed by atoms with E-state index in [0.717, 1.165) is 13.0 Å². The second-order valence-electron chi connectivity index (χ2n) is 8.82. The van der Waals surface area contributed by atoms with Gasteiger partial charge in [0.15, 0.2) is 0 Å². The molecule has 2 fully saturated rings. The van der Waals surface area contributed by atoms with Crippen LogP contribution >= 0.6 is 0 Å².